The summed E-state index contributed by atoms with van der Waals surface area (Å²) >= 11 is 0. The first kappa shape index (κ1) is 23.8. The van der Waals surface area contributed by atoms with Gasteiger partial charge in [-0.25, -0.2) is 4.79 Å². The predicted octanol–water partition coefficient (Wildman–Crippen LogP) is 7.84. The van der Waals surface area contributed by atoms with Crippen LogP contribution in [-0.4, -0.2) is 11.6 Å². The van der Waals surface area contributed by atoms with E-state index in [9.17, 15) is 4.79 Å². The zero-order valence-electron chi connectivity index (χ0n) is 20.2. The van der Waals surface area contributed by atoms with Crippen molar-refractivity contribution in [3.63, 3.8) is 0 Å². The van der Waals surface area contributed by atoms with Gasteiger partial charge in [-0.2, -0.15) is 0 Å². The van der Waals surface area contributed by atoms with Gasteiger partial charge < -0.3 is 4.74 Å². The molecule has 5 rings (SSSR count). The number of carbonyl (C=O) groups excluding carboxylic acids is 1. The Kier molecular flexibility index (Phi) is 7.60. The van der Waals surface area contributed by atoms with E-state index in [4.69, 9.17) is 4.74 Å². The number of esters is 1. The van der Waals surface area contributed by atoms with Crippen LogP contribution >= 0.6 is 0 Å². The lowest BCUT2D eigenvalue weighted by Gasteiger charge is -2.24. The highest BCUT2D eigenvalue weighted by Crippen LogP contribution is 2.35. The van der Waals surface area contributed by atoms with E-state index in [1.54, 1.807) is 0 Å². The van der Waals surface area contributed by atoms with Gasteiger partial charge in [0.25, 0.3) is 0 Å². The maximum absolute atomic E-state index is 13.2. The summed E-state index contributed by atoms with van der Waals surface area (Å²) in [5, 5.41) is 0. The van der Waals surface area contributed by atoms with Gasteiger partial charge in [0.15, 0.2) is 20.3 Å². The smallest absolute Gasteiger partial charge is 0.339 e. The van der Waals surface area contributed by atoms with E-state index in [1.165, 1.54) is 46.8 Å². The van der Waals surface area contributed by atoms with Crippen LogP contribution in [0.2, 0.25) is 0 Å². The largest absolute Gasteiger partial charge is 0.442 e. The van der Waals surface area contributed by atoms with Crippen LogP contribution in [-0.2, 0) is 15.6 Å². The van der Waals surface area contributed by atoms with Crippen molar-refractivity contribution in [1.82, 2.24) is 0 Å². The topological polar surface area (TPSA) is 26.3 Å². The molecule has 3 aromatic rings. The molecule has 2 aliphatic rings. The van der Waals surface area contributed by atoms with E-state index in [2.05, 4.69) is 72.5 Å². The molecule has 0 amide bonds. The second-order valence-electron chi connectivity index (χ2n) is 9.65. The van der Waals surface area contributed by atoms with E-state index in [0.29, 0.717) is 11.5 Å². The average Bonchev–Trinajstić information content (AvgIpc) is 3.38. The van der Waals surface area contributed by atoms with Crippen molar-refractivity contribution in [2.75, 3.05) is 0 Å². The molecule has 0 radical (unpaired) electrons. The normalized spacial score (nSPS) is 17.5. The van der Waals surface area contributed by atoms with Gasteiger partial charge in [0, 0.05) is 5.92 Å². The molecule has 0 saturated heterocycles. The Labute approximate surface area is 212 Å². The summed E-state index contributed by atoms with van der Waals surface area (Å²) in [4.78, 5) is 16.9. The van der Waals surface area contributed by atoms with E-state index >= 15 is 0 Å². The van der Waals surface area contributed by atoms with Gasteiger partial charge in [0.05, 0.1) is 16.5 Å². The summed E-state index contributed by atoms with van der Waals surface area (Å²) in [6.07, 6.45) is 10.1. The van der Waals surface area contributed by atoms with Crippen LogP contribution in [0.15, 0.2) is 99.6 Å². The Balaban J connectivity index is 1.35. The van der Waals surface area contributed by atoms with Crippen LogP contribution < -0.4 is 0 Å². The average molecular weight is 482 g/mol. The molecule has 2 saturated carbocycles. The number of carbonyl (C=O) groups is 1. The molecule has 2 nitrogen and oxygen atoms in total. The Morgan fingerprint density at radius 3 is 1.83 bits per heavy atom. The molecule has 0 unspecified atom stereocenters. The highest BCUT2D eigenvalue weighted by molar-refractivity contribution is 7.97. The second-order valence-corrected chi connectivity index (χ2v) is 11.7. The molecule has 3 aromatic carbocycles. The van der Waals surface area contributed by atoms with Gasteiger partial charge >= 0.3 is 5.97 Å². The summed E-state index contributed by atoms with van der Waals surface area (Å²) in [5.74, 6) is 7.15. The molecule has 0 bridgehead atoms. The Morgan fingerprint density at radius 1 is 0.714 bits per heavy atom. The molecule has 0 spiro atoms. The highest BCUT2D eigenvalue weighted by atomic mass is 32.2. The fourth-order valence-electron chi connectivity index (χ4n) is 5.16. The molecule has 3 heteroatoms. The van der Waals surface area contributed by atoms with Crippen LogP contribution in [0.5, 0.6) is 0 Å². The lowest BCUT2D eigenvalue weighted by atomic mass is 9.89. The summed E-state index contributed by atoms with van der Waals surface area (Å²) in [6.45, 7) is 0. The maximum atomic E-state index is 13.2. The van der Waals surface area contributed by atoms with E-state index in [1.807, 2.05) is 24.3 Å². The number of hydrogen-bond acceptors (Lipinski definition) is 2. The first-order chi connectivity index (χ1) is 17.2. The zero-order valence-corrected chi connectivity index (χ0v) is 21.1. The number of ether oxygens (including phenoxy) is 1. The van der Waals surface area contributed by atoms with Crippen molar-refractivity contribution in [2.45, 2.75) is 78.1 Å². The van der Waals surface area contributed by atoms with Gasteiger partial charge in [0.1, 0.15) is 0 Å². The molecule has 0 heterocycles. The lowest BCUT2D eigenvalue weighted by molar-refractivity contribution is 0.0102. The molecule has 2 aliphatic carbocycles. The fraction of sp³-hybridized carbons (Fsp3) is 0.344. The summed E-state index contributed by atoms with van der Waals surface area (Å²) < 4.78 is 6.14. The Morgan fingerprint density at radius 2 is 1.26 bits per heavy atom. The SMILES string of the molecule is O=C(OC1(C#CC2CCCCC2)CCCC1)c1ccc([S+](c2ccccc2)c2ccccc2)cc1. The minimum Gasteiger partial charge on any atom is -0.442 e. The van der Waals surface area contributed by atoms with Gasteiger partial charge in [-0.3, -0.25) is 0 Å². The van der Waals surface area contributed by atoms with Crippen molar-refractivity contribution in [1.29, 1.82) is 0 Å². The second kappa shape index (κ2) is 11.2. The van der Waals surface area contributed by atoms with Gasteiger partial charge in [-0.1, -0.05) is 67.5 Å². The molecular weight excluding hydrogens is 448 g/mol. The molecule has 0 aromatic heterocycles. The third-order valence-corrected chi connectivity index (χ3v) is 9.32. The molecular formula is C32H33O2S+. The minimum atomic E-state index is -0.606. The summed E-state index contributed by atoms with van der Waals surface area (Å²) in [6, 6.07) is 29.1. The first-order valence-electron chi connectivity index (χ1n) is 12.9. The van der Waals surface area contributed by atoms with E-state index < -0.39 is 5.60 Å². The van der Waals surface area contributed by atoms with Gasteiger partial charge in [-0.05, 0) is 87.1 Å². The highest BCUT2D eigenvalue weighted by Gasteiger charge is 2.37. The monoisotopic (exact) mass is 481 g/mol. The van der Waals surface area contributed by atoms with Crippen molar-refractivity contribution in [3.05, 3.63) is 90.5 Å². The van der Waals surface area contributed by atoms with Crippen LogP contribution in [0, 0.1) is 17.8 Å². The quantitative estimate of drug-likeness (QED) is 0.211. The van der Waals surface area contributed by atoms with Crippen LogP contribution in [0.3, 0.4) is 0 Å². The van der Waals surface area contributed by atoms with Gasteiger partial charge in [-0.15, -0.1) is 0 Å². The molecule has 0 atom stereocenters. The van der Waals surface area contributed by atoms with Crippen molar-refractivity contribution in [3.8, 4) is 11.8 Å². The fourth-order valence-corrected chi connectivity index (χ4v) is 7.25. The van der Waals surface area contributed by atoms with E-state index in [0.717, 1.165) is 25.7 Å². The summed E-state index contributed by atoms with van der Waals surface area (Å²) in [5.41, 5.74) is -0.00451. The zero-order chi connectivity index (χ0) is 23.9. The minimum absolute atomic E-state index is 0.229. The molecule has 2 fully saturated rings. The molecule has 0 N–H and O–H groups in total. The van der Waals surface area contributed by atoms with Crippen LogP contribution in [0.1, 0.15) is 68.1 Å². The molecule has 35 heavy (non-hydrogen) atoms. The van der Waals surface area contributed by atoms with Crippen molar-refractivity contribution in [2.24, 2.45) is 5.92 Å². The molecule has 0 aliphatic heterocycles. The van der Waals surface area contributed by atoms with Crippen LogP contribution in [0.25, 0.3) is 0 Å². The van der Waals surface area contributed by atoms with Crippen molar-refractivity contribution >= 4 is 16.9 Å². The predicted molar refractivity (Wildman–Crippen MR) is 142 cm³/mol. The first-order valence-corrected chi connectivity index (χ1v) is 14.2. The number of benzene rings is 3. The number of rotatable bonds is 5. The lowest BCUT2D eigenvalue weighted by Crippen LogP contribution is -2.30. The third kappa shape index (κ3) is 5.82. The Hall–Kier alpha value is -2.96. The molecule has 178 valence electrons. The number of hydrogen-bond donors (Lipinski definition) is 0. The Bertz CT molecular complexity index is 1120. The van der Waals surface area contributed by atoms with Gasteiger partial charge in [0.2, 0.25) is 0 Å². The summed E-state index contributed by atoms with van der Waals surface area (Å²) in [7, 11) is -0.229. The van der Waals surface area contributed by atoms with E-state index in [-0.39, 0.29) is 16.9 Å². The van der Waals surface area contributed by atoms with Crippen molar-refractivity contribution < 1.29 is 9.53 Å². The maximum Gasteiger partial charge on any atom is 0.339 e. The van der Waals surface area contributed by atoms with Crippen LogP contribution in [0.4, 0.5) is 0 Å². The standard InChI is InChI=1S/C32H33O2S/c33-31(34-32(23-10-11-24-32)25-22-26-12-4-1-5-13-26)27-18-20-30(21-19-27)35(28-14-6-2-7-15-28)29-16-8-3-9-17-29/h2-3,6-9,14-21,26H,1,4-5,10-13,23-24H2/q+1. The third-order valence-electron chi connectivity index (χ3n) is 7.09.